The van der Waals surface area contributed by atoms with Crippen molar-refractivity contribution in [2.24, 2.45) is 0 Å². The molecule has 1 N–H and O–H groups in total. The number of carbonyl (C=O) groups is 1. The van der Waals surface area contributed by atoms with Crippen molar-refractivity contribution in [3.8, 4) is 5.75 Å². The van der Waals surface area contributed by atoms with Crippen molar-refractivity contribution in [3.63, 3.8) is 0 Å². The fourth-order valence-electron chi connectivity index (χ4n) is 2.14. The zero-order chi connectivity index (χ0) is 14.4. The van der Waals surface area contributed by atoms with E-state index < -0.39 is 23.7 Å². The van der Waals surface area contributed by atoms with Crippen LogP contribution in [-0.4, -0.2) is 35.9 Å². The Morgan fingerprint density at radius 2 is 1.84 bits per heavy atom. The number of amides is 1. The molecule has 1 amide bonds. The largest absolute Gasteiger partial charge is 0.497 e. The average Bonchev–Trinajstić information content (AvgIpc) is 2.33. The van der Waals surface area contributed by atoms with Gasteiger partial charge in [0.05, 0.1) is 7.11 Å². The van der Waals surface area contributed by atoms with E-state index in [1.807, 2.05) is 0 Å². The van der Waals surface area contributed by atoms with Crippen molar-refractivity contribution in [2.75, 3.05) is 12.0 Å². The second-order valence-electron chi connectivity index (χ2n) is 4.46. The van der Waals surface area contributed by atoms with Crippen molar-refractivity contribution in [1.82, 2.24) is 0 Å². The Labute approximate surface area is 107 Å². The Hall–Kier alpha value is -1.76. The van der Waals surface area contributed by atoms with Gasteiger partial charge in [-0.1, -0.05) is 0 Å². The van der Waals surface area contributed by atoms with Crippen molar-refractivity contribution in [2.45, 2.75) is 24.7 Å². The lowest BCUT2D eigenvalue weighted by Crippen LogP contribution is -2.77. The second-order valence-corrected chi connectivity index (χ2v) is 4.46. The third-order valence-corrected chi connectivity index (χ3v) is 3.10. The summed E-state index contributed by atoms with van der Waals surface area (Å²) in [5.74, 6) is -0.507. The summed E-state index contributed by atoms with van der Waals surface area (Å²) in [4.78, 5) is 12.2. The van der Waals surface area contributed by atoms with Crippen LogP contribution in [-0.2, 0) is 4.79 Å². The lowest BCUT2D eigenvalue weighted by atomic mass is 9.83. The maximum absolute atomic E-state index is 12.9. The van der Waals surface area contributed by atoms with Gasteiger partial charge in [-0.05, 0) is 31.2 Å². The van der Waals surface area contributed by atoms with Crippen molar-refractivity contribution < 1.29 is 27.8 Å². The number of β-lactam (4-membered cyclic amide) rings is 1. The highest BCUT2D eigenvalue weighted by molar-refractivity contribution is 6.08. The van der Waals surface area contributed by atoms with Crippen molar-refractivity contribution in [3.05, 3.63) is 24.3 Å². The Morgan fingerprint density at radius 3 is 2.26 bits per heavy atom. The van der Waals surface area contributed by atoms with Gasteiger partial charge in [0.15, 0.2) is 11.6 Å². The molecular weight excluding hydrogens is 263 g/mol. The molecule has 0 unspecified atom stereocenters. The third kappa shape index (κ3) is 2.03. The highest BCUT2D eigenvalue weighted by Gasteiger charge is 2.68. The second kappa shape index (κ2) is 4.12. The average molecular weight is 275 g/mol. The monoisotopic (exact) mass is 275 g/mol. The molecule has 1 saturated heterocycles. The summed E-state index contributed by atoms with van der Waals surface area (Å²) < 4.78 is 43.5. The molecule has 104 valence electrons. The quantitative estimate of drug-likeness (QED) is 0.836. The van der Waals surface area contributed by atoms with Crippen molar-refractivity contribution >= 4 is 11.6 Å². The minimum absolute atomic E-state index is 0.0691. The molecule has 19 heavy (non-hydrogen) atoms. The van der Waals surface area contributed by atoms with Gasteiger partial charge in [-0.25, -0.2) is 0 Å². The van der Waals surface area contributed by atoms with Gasteiger partial charge in [-0.2, -0.15) is 13.2 Å². The van der Waals surface area contributed by atoms with Gasteiger partial charge < -0.3 is 9.84 Å². The van der Waals surface area contributed by atoms with E-state index >= 15 is 0 Å². The highest BCUT2D eigenvalue weighted by Crippen LogP contribution is 2.44. The summed E-state index contributed by atoms with van der Waals surface area (Å²) in [5.41, 5.74) is -2.35. The molecule has 0 spiro atoms. The number of halogens is 3. The first kappa shape index (κ1) is 13.7. The molecule has 2 rings (SSSR count). The van der Waals surface area contributed by atoms with Crippen LogP contribution in [0, 0.1) is 0 Å². The normalized spacial score (nSPS) is 27.2. The minimum Gasteiger partial charge on any atom is -0.497 e. The Balaban J connectivity index is 2.35. The van der Waals surface area contributed by atoms with Crippen LogP contribution >= 0.6 is 0 Å². The number of hydrogen-bond donors (Lipinski definition) is 1. The molecule has 0 aromatic heterocycles. The summed E-state index contributed by atoms with van der Waals surface area (Å²) in [7, 11) is 1.42. The molecule has 4 nitrogen and oxygen atoms in total. The first-order valence-electron chi connectivity index (χ1n) is 5.46. The predicted molar refractivity (Wildman–Crippen MR) is 60.9 cm³/mol. The van der Waals surface area contributed by atoms with Crippen LogP contribution in [0.2, 0.25) is 0 Å². The fraction of sp³-hybridized carbons (Fsp3) is 0.417. The number of hydrogen-bond acceptors (Lipinski definition) is 3. The number of benzene rings is 1. The molecule has 1 heterocycles. The van der Waals surface area contributed by atoms with E-state index in [1.165, 1.54) is 31.4 Å². The van der Waals surface area contributed by atoms with E-state index in [4.69, 9.17) is 4.74 Å². The molecular formula is C12H12F3NO3. The zero-order valence-electron chi connectivity index (χ0n) is 10.2. The summed E-state index contributed by atoms with van der Waals surface area (Å²) in [6, 6.07) is 3.34. The molecule has 1 aliphatic rings. The number of methoxy groups -OCH3 is 1. The number of anilines is 1. The highest BCUT2D eigenvalue weighted by atomic mass is 19.4. The molecule has 2 atom stereocenters. The Morgan fingerprint density at radius 1 is 1.32 bits per heavy atom. The van der Waals surface area contributed by atoms with E-state index in [-0.39, 0.29) is 5.69 Å². The van der Waals surface area contributed by atoms with Crippen LogP contribution < -0.4 is 9.64 Å². The van der Waals surface area contributed by atoms with Gasteiger partial charge >= 0.3 is 6.18 Å². The van der Waals surface area contributed by atoms with E-state index in [0.717, 1.165) is 6.92 Å². The summed E-state index contributed by atoms with van der Waals surface area (Å²) >= 11 is 0. The van der Waals surface area contributed by atoms with E-state index in [1.54, 1.807) is 0 Å². The molecule has 7 heteroatoms. The number of ether oxygens (including phenoxy) is 1. The Kier molecular flexibility index (Phi) is 2.97. The van der Waals surface area contributed by atoms with E-state index in [2.05, 4.69) is 0 Å². The van der Waals surface area contributed by atoms with Crippen LogP contribution in [0.4, 0.5) is 18.9 Å². The Bertz CT molecular complexity index is 496. The molecule has 0 saturated carbocycles. The van der Waals surface area contributed by atoms with Crippen LogP contribution in [0.15, 0.2) is 24.3 Å². The number of rotatable bonds is 2. The summed E-state index contributed by atoms with van der Waals surface area (Å²) in [6.45, 7) is 0.869. The molecule has 1 fully saturated rings. The van der Waals surface area contributed by atoms with Crippen LogP contribution in [0.5, 0.6) is 5.75 Å². The van der Waals surface area contributed by atoms with Gasteiger partial charge in [-0.15, -0.1) is 0 Å². The van der Waals surface area contributed by atoms with E-state index in [0.29, 0.717) is 10.6 Å². The van der Waals surface area contributed by atoms with Gasteiger partial charge in [0.1, 0.15) is 5.75 Å². The first-order chi connectivity index (χ1) is 8.69. The van der Waals surface area contributed by atoms with Gasteiger partial charge in [0, 0.05) is 5.69 Å². The molecule has 0 radical (unpaired) electrons. The predicted octanol–water partition coefficient (Wildman–Crippen LogP) is 1.72. The number of aliphatic hydroxyl groups is 1. The lowest BCUT2D eigenvalue weighted by Gasteiger charge is -2.51. The number of alkyl halides is 3. The smallest absolute Gasteiger partial charge is 0.412 e. The molecule has 1 aromatic rings. The van der Waals surface area contributed by atoms with Crippen LogP contribution in [0.25, 0.3) is 0 Å². The molecule has 0 aliphatic carbocycles. The minimum atomic E-state index is -4.70. The van der Waals surface area contributed by atoms with Gasteiger partial charge in [0.25, 0.3) is 5.91 Å². The first-order valence-corrected chi connectivity index (χ1v) is 5.46. The fourth-order valence-corrected chi connectivity index (χ4v) is 2.14. The SMILES string of the molecule is COc1ccc(N2C(=O)[C@@](C)(O)[C@@H]2C(F)(F)F)cc1. The number of carbonyl (C=O) groups excluding carboxylic acids is 1. The molecule has 1 aromatic carbocycles. The zero-order valence-corrected chi connectivity index (χ0v) is 10.2. The maximum Gasteiger partial charge on any atom is 0.412 e. The van der Waals surface area contributed by atoms with Crippen molar-refractivity contribution in [1.29, 1.82) is 0 Å². The number of nitrogens with zero attached hydrogens (tertiary/aromatic N) is 1. The van der Waals surface area contributed by atoms with E-state index in [9.17, 15) is 23.1 Å². The van der Waals surface area contributed by atoms with Gasteiger partial charge in [-0.3, -0.25) is 9.69 Å². The third-order valence-electron chi connectivity index (χ3n) is 3.10. The maximum atomic E-state index is 12.9. The standard InChI is InChI=1S/C12H12F3NO3/c1-11(18)9(12(13,14)15)16(10(11)17)7-3-5-8(19-2)6-4-7/h3-6,9,18H,1-2H3/t9-,11+/m1/s1. The summed E-state index contributed by atoms with van der Waals surface area (Å²) in [5, 5.41) is 9.57. The lowest BCUT2D eigenvalue weighted by molar-refractivity contribution is -0.215. The molecule has 1 aliphatic heterocycles. The topological polar surface area (TPSA) is 49.8 Å². The molecule has 0 bridgehead atoms. The van der Waals surface area contributed by atoms with Gasteiger partial charge in [0.2, 0.25) is 0 Å². The summed E-state index contributed by atoms with van der Waals surface area (Å²) in [6.07, 6.45) is -4.70. The van der Waals surface area contributed by atoms with Crippen LogP contribution in [0.1, 0.15) is 6.92 Å². The van der Waals surface area contributed by atoms with Crippen LogP contribution in [0.3, 0.4) is 0 Å².